The number of rotatable bonds is 9. The van der Waals surface area contributed by atoms with Gasteiger partial charge in [0, 0.05) is 5.56 Å². The molecule has 0 bridgehead atoms. The highest BCUT2D eigenvalue weighted by molar-refractivity contribution is 5.96. The minimum atomic E-state index is -0.711. The fourth-order valence-electron chi connectivity index (χ4n) is 1.97. The lowest BCUT2D eigenvalue weighted by Gasteiger charge is -2.08. The van der Waals surface area contributed by atoms with E-state index in [1.807, 2.05) is 6.92 Å². The Labute approximate surface area is 150 Å². The summed E-state index contributed by atoms with van der Waals surface area (Å²) in [6.45, 7) is 1.84. The van der Waals surface area contributed by atoms with Gasteiger partial charge in [-0.05, 0) is 43.3 Å². The first-order valence-corrected chi connectivity index (χ1v) is 8.04. The van der Waals surface area contributed by atoms with E-state index in [1.54, 1.807) is 36.4 Å². The van der Waals surface area contributed by atoms with E-state index in [1.165, 1.54) is 6.26 Å². The zero-order valence-corrected chi connectivity index (χ0v) is 14.3. The Morgan fingerprint density at radius 2 is 1.85 bits per heavy atom. The number of carbonyl (C=O) groups excluding carboxylic acids is 3. The molecule has 2 rings (SSSR count). The van der Waals surface area contributed by atoms with E-state index in [2.05, 4.69) is 10.6 Å². The lowest BCUT2D eigenvalue weighted by atomic mass is 10.2. The lowest BCUT2D eigenvalue weighted by molar-refractivity contribution is -0.147. The standard InChI is InChI=1S/C18H20N2O6/c1-2-24-14-7-5-13(6-8-14)18(23)20-11-17(22)26-12-16(21)19-10-15-4-3-9-25-15/h3-9H,2,10-12H2,1H3,(H,19,21)(H,20,23). The average molecular weight is 360 g/mol. The molecule has 0 unspecified atom stereocenters. The molecule has 2 amide bonds. The first kappa shape index (κ1) is 19.0. The SMILES string of the molecule is CCOc1ccc(C(=O)NCC(=O)OCC(=O)NCc2ccco2)cc1. The second-order valence-electron chi connectivity index (χ2n) is 5.16. The summed E-state index contributed by atoms with van der Waals surface area (Å²) in [6, 6.07) is 9.93. The highest BCUT2D eigenvalue weighted by Crippen LogP contribution is 2.11. The maximum absolute atomic E-state index is 11.9. The highest BCUT2D eigenvalue weighted by atomic mass is 16.5. The Bertz CT molecular complexity index is 725. The molecule has 26 heavy (non-hydrogen) atoms. The molecule has 8 nitrogen and oxygen atoms in total. The molecule has 1 heterocycles. The Balaban J connectivity index is 1.65. The zero-order valence-electron chi connectivity index (χ0n) is 14.3. The quantitative estimate of drug-likeness (QED) is 0.652. The lowest BCUT2D eigenvalue weighted by Crippen LogP contribution is -2.33. The topological polar surface area (TPSA) is 107 Å². The van der Waals surface area contributed by atoms with Crippen LogP contribution in [-0.2, 0) is 20.9 Å². The molecule has 1 aromatic heterocycles. The Hall–Kier alpha value is -3.29. The Kier molecular flexibility index (Phi) is 7.23. The van der Waals surface area contributed by atoms with Crippen LogP contribution >= 0.6 is 0 Å². The third-order valence-corrected chi connectivity index (χ3v) is 3.22. The van der Waals surface area contributed by atoms with Crippen molar-refractivity contribution in [2.24, 2.45) is 0 Å². The molecule has 8 heteroatoms. The van der Waals surface area contributed by atoms with E-state index in [-0.39, 0.29) is 13.1 Å². The van der Waals surface area contributed by atoms with Gasteiger partial charge in [-0.25, -0.2) is 0 Å². The monoisotopic (exact) mass is 360 g/mol. The van der Waals surface area contributed by atoms with E-state index >= 15 is 0 Å². The van der Waals surface area contributed by atoms with Crippen molar-refractivity contribution in [3.8, 4) is 5.75 Å². The summed E-state index contributed by atoms with van der Waals surface area (Å²) < 4.78 is 15.1. The van der Waals surface area contributed by atoms with Crippen LogP contribution in [0.2, 0.25) is 0 Å². The minimum absolute atomic E-state index is 0.206. The Morgan fingerprint density at radius 3 is 2.50 bits per heavy atom. The molecule has 1 aromatic carbocycles. The van der Waals surface area contributed by atoms with Gasteiger partial charge in [-0.15, -0.1) is 0 Å². The molecule has 138 valence electrons. The number of amides is 2. The summed E-state index contributed by atoms with van der Waals surface area (Å²) >= 11 is 0. The van der Waals surface area contributed by atoms with Crippen molar-refractivity contribution in [3.05, 3.63) is 54.0 Å². The van der Waals surface area contributed by atoms with Gasteiger partial charge >= 0.3 is 5.97 Å². The van der Waals surface area contributed by atoms with E-state index in [4.69, 9.17) is 13.9 Å². The minimum Gasteiger partial charge on any atom is -0.494 e. The molecule has 0 aliphatic heterocycles. The molecule has 0 spiro atoms. The van der Waals surface area contributed by atoms with Gasteiger partial charge in [0.05, 0.1) is 19.4 Å². The van der Waals surface area contributed by atoms with Gasteiger partial charge in [0.1, 0.15) is 18.1 Å². The van der Waals surface area contributed by atoms with E-state index in [0.29, 0.717) is 23.7 Å². The normalized spacial score (nSPS) is 10.0. The molecule has 0 aliphatic carbocycles. The average Bonchev–Trinajstić information content (AvgIpc) is 3.17. The second-order valence-corrected chi connectivity index (χ2v) is 5.16. The third kappa shape index (κ3) is 6.31. The van der Waals surface area contributed by atoms with E-state index in [9.17, 15) is 14.4 Å². The van der Waals surface area contributed by atoms with Crippen molar-refractivity contribution in [1.82, 2.24) is 10.6 Å². The number of ether oxygens (including phenoxy) is 2. The van der Waals surface area contributed by atoms with Crippen molar-refractivity contribution in [1.29, 1.82) is 0 Å². The molecule has 2 aromatic rings. The number of benzene rings is 1. The maximum atomic E-state index is 11.9. The van der Waals surface area contributed by atoms with Crippen molar-refractivity contribution < 1.29 is 28.3 Å². The van der Waals surface area contributed by atoms with Gasteiger partial charge < -0.3 is 24.5 Å². The number of esters is 1. The van der Waals surface area contributed by atoms with Crippen molar-refractivity contribution >= 4 is 17.8 Å². The molecule has 0 saturated carbocycles. The van der Waals surface area contributed by atoms with Crippen LogP contribution < -0.4 is 15.4 Å². The summed E-state index contributed by atoms with van der Waals surface area (Å²) in [6.07, 6.45) is 1.49. The number of hydrogen-bond acceptors (Lipinski definition) is 6. The zero-order chi connectivity index (χ0) is 18.8. The van der Waals surface area contributed by atoms with E-state index in [0.717, 1.165) is 0 Å². The van der Waals surface area contributed by atoms with Gasteiger partial charge in [-0.3, -0.25) is 14.4 Å². The summed E-state index contributed by atoms with van der Waals surface area (Å²) in [7, 11) is 0. The largest absolute Gasteiger partial charge is 0.494 e. The molecule has 0 atom stereocenters. The molecule has 0 aliphatic rings. The predicted octanol–water partition coefficient (Wildman–Crippen LogP) is 1.27. The number of hydrogen-bond donors (Lipinski definition) is 2. The van der Waals surface area contributed by atoms with Gasteiger partial charge in [0.25, 0.3) is 11.8 Å². The smallest absolute Gasteiger partial charge is 0.325 e. The van der Waals surface area contributed by atoms with Gasteiger partial charge in [-0.1, -0.05) is 0 Å². The predicted molar refractivity (Wildman–Crippen MR) is 91.5 cm³/mol. The fraction of sp³-hybridized carbons (Fsp3) is 0.278. The van der Waals surface area contributed by atoms with Gasteiger partial charge in [-0.2, -0.15) is 0 Å². The Morgan fingerprint density at radius 1 is 1.08 bits per heavy atom. The van der Waals surface area contributed by atoms with Crippen LogP contribution in [0.25, 0.3) is 0 Å². The number of nitrogens with one attached hydrogen (secondary N) is 2. The van der Waals surface area contributed by atoms with Gasteiger partial charge in [0.15, 0.2) is 6.61 Å². The number of furan rings is 1. The van der Waals surface area contributed by atoms with Crippen LogP contribution in [0.4, 0.5) is 0 Å². The molecular formula is C18H20N2O6. The van der Waals surface area contributed by atoms with Crippen LogP contribution in [-0.4, -0.2) is 37.5 Å². The van der Waals surface area contributed by atoms with Crippen molar-refractivity contribution in [2.75, 3.05) is 19.8 Å². The summed E-state index contributed by atoms with van der Waals surface area (Å²) in [5, 5.41) is 4.96. The summed E-state index contributed by atoms with van der Waals surface area (Å²) in [5.74, 6) is -0.353. The molecular weight excluding hydrogens is 340 g/mol. The molecule has 2 N–H and O–H groups in total. The van der Waals surface area contributed by atoms with Crippen LogP contribution in [0.15, 0.2) is 47.1 Å². The molecule has 0 fully saturated rings. The van der Waals surface area contributed by atoms with Crippen LogP contribution in [0.5, 0.6) is 5.75 Å². The van der Waals surface area contributed by atoms with Crippen molar-refractivity contribution in [2.45, 2.75) is 13.5 Å². The number of carbonyl (C=O) groups is 3. The van der Waals surface area contributed by atoms with Crippen LogP contribution in [0.1, 0.15) is 23.0 Å². The maximum Gasteiger partial charge on any atom is 0.325 e. The molecule has 0 radical (unpaired) electrons. The van der Waals surface area contributed by atoms with Crippen LogP contribution in [0.3, 0.4) is 0 Å². The van der Waals surface area contributed by atoms with Gasteiger partial charge in [0.2, 0.25) is 0 Å². The van der Waals surface area contributed by atoms with E-state index < -0.39 is 24.4 Å². The third-order valence-electron chi connectivity index (χ3n) is 3.22. The summed E-state index contributed by atoms with van der Waals surface area (Å²) in [5.41, 5.74) is 0.387. The highest BCUT2D eigenvalue weighted by Gasteiger charge is 2.11. The van der Waals surface area contributed by atoms with Crippen molar-refractivity contribution in [3.63, 3.8) is 0 Å². The fourth-order valence-corrected chi connectivity index (χ4v) is 1.97. The molecule has 0 saturated heterocycles. The first-order valence-electron chi connectivity index (χ1n) is 8.04. The first-order chi connectivity index (χ1) is 12.6. The summed E-state index contributed by atoms with van der Waals surface area (Å²) in [4.78, 5) is 35.1. The second kappa shape index (κ2) is 9.87. The van der Waals surface area contributed by atoms with Crippen LogP contribution in [0, 0.1) is 0 Å².